The molecular formula is C16H31IN4O2. The van der Waals surface area contributed by atoms with Crippen LogP contribution in [-0.2, 0) is 9.59 Å². The number of likely N-dealkylation sites (tertiary alicyclic amines) is 1. The summed E-state index contributed by atoms with van der Waals surface area (Å²) in [5, 5.41) is 6.37. The number of hydrogen-bond donors (Lipinski definition) is 2. The first kappa shape index (κ1) is 22.1. The summed E-state index contributed by atoms with van der Waals surface area (Å²) in [4.78, 5) is 29.3. The van der Waals surface area contributed by atoms with Gasteiger partial charge in [0.05, 0.1) is 0 Å². The number of aliphatic imine (C=N–C) groups is 1. The summed E-state index contributed by atoms with van der Waals surface area (Å²) in [5.74, 6) is 1.33. The van der Waals surface area contributed by atoms with E-state index in [9.17, 15) is 9.59 Å². The SMILES string of the molecule is CCNC(=NCCCC(C)C)NCCN1C(=O)CCCC1=O.I. The zero-order valence-corrected chi connectivity index (χ0v) is 16.9. The van der Waals surface area contributed by atoms with Crippen LogP contribution >= 0.6 is 24.0 Å². The van der Waals surface area contributed by atoms with E-state index in [1.165, 1.54) is 11.3 Å². The summed E-state index contributed by atoms with van der Waals surface area (Å²) < 4.78 is 0. The van der Waals surface area contributed by atoms with E-state index >= 15 is 0 Å². The number of hydrogen-bond acceptors (Lipinski definition) is 3. The van der Waals surface area contributed by atoms with Crippen molar-refractivity contribution in [3.05, 3.63) is 0 Å². The highest BCUT2D eigenvalue weighted by Gasteiger charge is 2.25. The van der Waals surface area contributed by atoms with Gasteiger partial charge in [0.25, 0.3) is 0 Å². The fourth-order valence-corrected chi connectivity index (χ4v) is 2.37. The van der Waals surface area contributed by atoms with Crippen LogP contribution in [-0.4, -0.2) is 48.9 Å². The van der Waals surface area contributed by atoms with Gasteiger partial charge in [-0.2, -0.15) is 0 Å². The first-order valence-electron chi connectivity index (χ1n) is 8.40. The number of carbonyl (C=O) groups is 2. The minimum Gasteiger partial charge on any atom is -0.357 e. The molecule has 0 aromatic rings. The zero-order chi connectivity index (χ0) is 16.4. The lowest BCUT2D eigenvalue weighted by molar-refractivity contribution is -0.147. The molecule has 1 aliphatic heterocycles. The fraction of sp³-hybridized carbons (Fsp3) is 0.812. The Labute approximate surface area is 156 Å². The molecule has 1 heterocycles. The molecule has 1 fully saturated rings. The van der Waals surface area contributed by atoms with Crippen LogP contribution in [0.1, 0.15) is 52.9 Å². The van der Waals surface area contributed by atoms with Crippen molar-refractivity contribution in [3.8, 4) is 0 Å². The van der Waals surface area contributed by atoms with Crippen LogP contribution in [0.2, 0.25) is 0 Å². The van der Waals surface area contributed by atoms with E-state index in [2.05, 4.69) is 29.5 Å². The molecule has 2 amide bonds. The van der Waals surface area contributed by atoms with Gasteiger partial charge in [-0.3, -0.25) is 19.5 Å². The number of halogens is 1. The molecule has 1 saturated heterocycles. The zero-order valence-electron chi connectivity index (χ0n) is 14.6. The van der Waals surface area contributed by atoms with E-state index in [1.807, 2.05) is 6.92 Å². The van der Waals surface area contributed by atoms with Gasteiger partial charge in [0, 0.05) is 39.0 Å². The Bertz CT molecular complexity index is 384. The van der Waals surface area contributed by atoms with Gasteiger partial charge in [0.1, 0.15) is 0 Å². The van der Waals surface area contributed by atoms with Crippen LogP contribution in [0.5, 0.6) is 0 Å². The molecule has 2 N–H and O–H groups in total. The van der Waals surface area contributed by atoms with Crippen molar-refractivity contribution in [2.75, 3.05) is 26.2 Å². The van der Waals surface area contributed by atoms with E-state index in [0.717, 1.165) is 25.5 Å². The van der Waals surface area contributed by atoms with Crippen molar-refractivity contribution in [2.24, 2.45) is 10.9 Å². The Kier molecular flexibility index (Phi) is 12.1. The molecule has 1 rings (SSSR count). The summed E-state index contributed by atoms with van der Waals surface area (Å²) in [5.41, 5.74) is 0. The average Bonchev–Trinajstić information content (AvgIpc) is 2.46. The van der Waals surface area contributed by atoms with Gasteiger partial charge in [-0.15, -0.1) is 24.0 Å². The van der Waals surface area contributed by atoms with Gasteiger partial charge in [-0.25, -0.2) is 0 Å². The monoisotopic (exact) mass is 438 g/mol. The lowest BCUT2D eigenvalue weighted by Gasteiger charge is -2.25. The summed E-state index contributed by atoms with van der Waals surface area (Å²) in [6, 6.07) is 0. The van der Waals surface area contributed by atoms with E-state index in [1.54, 1.807) is 0 Å². The predicted octanol–water partition coefficient (Wildman–Crippen LogP) is 2.13. The smallest absolute Gasteiger partial charge is 0.229 e. The molecule has 23 heavy (non-hydrogen) atoms. The number of imide groups is 1. The van der Waals surface area contributed by atoms with Crippen LogP contribution in [0.25, 0.3) is 0 Å². The first-order valence-corrected chi connectivity index (χ1v) is 8.40. The van der Waals surface area contributed by atoms with E-state index in [0.29, 0.717) is 38.3 Å². The number of carbonyl (C=O) groups excluding carboxylic acids is 2. The third-order valence-electron chi connectivity index (χ3n) is 3.56. The molecule has 0 radical (unpaired) electrons. The maximum atomic E-state index is 11.7. The minimum atomic E-state index is -0.0584. The summed E-state index contributed by atoms with van der Waals surface area (Å²) in [6.45, 7) is 8.96. The lowest BCUT2D eigenvalue weighted by Crippen LogP contribution is -2.46. The molecule has 0 atom stereocenters. The van der Waals surface area contributed by atoms with Crippen LogP contribution < -0.4 is 10.6 Å². The van der Waals surface area contributed by atoms with Crippen molar-refractivity contribution in [1.29, 1.82) is 0 Å². The van der Waals surface area contributed by atoms with Gasteiger partial charge in [-0.1, -0.05) is 13.8 Å². The molecule has 0 aliphatic carbocycles. The number of amides is 2. The van der Waals surface area contributed by atoms with Crippen LogP contribution in [0.15, 0.2) is 4.99 Å². The second-order valence-electron chi connectivity index (χ2n) is 6.02. The average molecular weight is 438 g/mol. The van der Waals surface area contributed by atoms with Crippen molar-refractivity contribution < 1.29 is 9.59 Å². The molecule has 0 spiro atoms. The standard InChI is InChI=1S/C16H30N4O2.HI/c1-4-17-16(18-10-6-7-13(2)3)19-11-12-20-14(21)8-5-9-15(20)22;/h13H,4-12H2,1-3H3,(H2,17,18,19);1H. The van der Waals surface area contributed by atoms with Crippen molar-refractivity contribution in [2.45, 2.75) is 52.9 Å². The highest BCUT2D eigenvalue weighted by molar-refractivity contribution is 14.0. The molecule has 0 saturated carbocycles. The minimum absolute atomic E-state index is 0. The Morgan fingerprint density at radius 2 is 1.87 bits per heavy atom. The Morgan fingerprint density at radius 3 is 2.43 bits per heavy atom. The van der Waals surface area contributed by atoms with Gasteiger partial charge in [-0.05, 0) is 32.1 Å². The summed E-state index contributed by atoms with van der Waals surface area (Å²) in [6.07, 6.45) is 3.88. The molecule has 0 aromatic carbocycles. The third kappa shape index (κ3) is 9.12. The van der Waals surface area contributed by atoms with Crippen LogP contribution in [0.3, 0.4) is 0 Å². The van der Waals surface area contributed by atoms with Crippen molar-refractivity contribution in [3.63, 3.8) is 0 Å². The maximum absolute atomic E-state index is 11.7. The topological polar surface area (TPSA) is 73.8 Å². The molecule has 0 bridgehead atoms. The molecule has 134 valence electrons. The Morgan fingerprint density at radius 1 is 1.22 bits per heavy atom. The van der Waals surface area contributed by atoms with Gasteiger partial charge < -0.3 is 10.6 Å². The molecular weight excluding hydrogens is 407 g/mol. The second-order valence-corrected chi connectivity index (χ2v) is 6.02. The number of rotatable bonds is 8. The normalized spacial score (nSPS) is 15.7. The first-order chi connectivity index (χ1) is 10.5. The largest absolute Gasteiger partial charge is 0.357 e. The van der Waals surface area contributed by atoms with Crippen molar-refractivity contribution in [1.82, 2.24) is 15.5 Å². The summed E-state index contributed by atoms with van der Waals surface area (Å²) >= 11 is 0. The molecule has 0 unspecified atom stereocenters. The van der Waals surface area contributed by atoms with Gasteiger partial charge >= 0.3 is 0 Å². The van der Waals surface area contributed by atoms with Crippen LogP contribution in [0, 0.1) is 5.92 Å². The quantitative estimate of drug-likeness (QED) is 0.200. The Hall–Kier alpha value is -0.860. The fourth-order valence-electron chi connectivity index (χ4n) is 2.37. The number of nitrogens with zero attached hydrogens (tertiary/aromatic N) is 2. The summed E-state index contributed by atoms with van der Waals surface area (Å²) in [7, 11) is 0. The maximum Gasteiger partial charge on any atom is 0.229 e. The van der Waals surface area contributed by atoms with Gasteiger partial charge in [0.2, 0.25) is 11.8 Å². The predicted molar refractivity (Wildman–Crippen MR) is 104 cm³/mol. The van der Waals surface area contributed by atoms with E-state index in [4.69, 9.17) is 0 Å². The highest BCUT2D eigenvalue weighted by Crippen LogP contribution is 2.11. The van der Waals surface area contributed by atoms with Gasteiger partial charge in [0.15, 0.2) is 5.96 Å². The lowest BCUT2D eigenvalue weighted by atomic mass is 10.1. The van der Waals surface area contributed by atoms with Crippen molar-refractivity contribution >= 4 is 41.8 Å². The van der Waals surface area contributed by atoms with E-state index in [-0.39, 0.29) is 35.8 Å². The highest BCUT2D eigenvalue weighted by atomic mass is 127. The van der Waals surface area contributed by atoms with E-state index < -0.39 is 0 Å². The van der Waals surface area contributed by atoms with Crippen LogP contribution in [0.4, 0.5) is 0 Å². The number of nitrogens with one attached hydrogen (secondary N) is 2. The number of piperidine rings is 1. The molecule has 7 heteroatoms. The third-order valence-corrected chi connectivity index (χ3v) is 3.56. The molecule has 1 aliphatic rings. The Balaban J connectivity index is 0.00000484. The number of guanidine groups is 1. The second kappa shape index (κ2) is 12.5. The molecule has 0 aromatic heterocycles. The molecule has 6 nitrogen and oxygen atoms in total.